The first-order valence-electron chi connectivity index (χ1n) is 4.74. The van der Waals surface area contributed by atoms with Crippen LogP contribution in [0.15, 0.2) is 10.6 Å². The van der Waals surface area contributed by atoms with Crippen LogP contribution in [0.4, 0.5) is 0 Å². The highest BCUT2D eigenvalue weighted by Crippen LogP contribution is 2.80. The van der Waals surface area contributed by atoms with E-state index in [9.17, 15) is 5.26 Å². The van der Waals surface area contributed by atoms with Crippen molar-refractivity contribution in [2.45, 2.75) is 34.1 Å². The summed E-state index contributed by atoms with van der Waals surface area (Å²) in [4.78, 5) is 0. The van der Waals surface area contributed by atoms with Gasteiger partial charge in [0.15, 0.2) is 0 Å². The molecule has 1 aliphatic rings. The molecule has 1 aliphatic carbocycles. The number of hydrogen-bond donors (Lipinski definition) is 0. The second kappa shape index (κ2) is 3.15. The number of rotatable bonds is 2. The molecule has 1 saturated carbocycles. The van der Waals surface area contributed by atoms with Crippen molar-refractivity contribution >= 4 is 23.2 Å². The number of nitriles is 1. The van der Waals surface area contributed by atoms with E-state index < -0.39 is 0 Å². The molecule has 0 N–H and O–H groups in total. The van der Waals surface area contributed by atoms with E-state index in [1.54, 1.807) is 0 Å². The minimum atomic E-state index is -0.357. The monoisotopic (exact) mass is 231 g/mol. The van der Waals surface area contributed by atoms with Gasteiger partial charge in [0.25, 0.3) is 0 Å². The summed E-state index contributed by atoms with van der Waals surface area (Å²) in [5, 5.41) is 9.22. The maximum absolute atomic E-state index is 9.22. The standard InChI is InChI=1S/C11H15Cl2N/c1-5-11(6-8(12)13)9(2,3)10(11,4)7-14/h6H,5H2,1-4H3. The van der Waals surface area contributed by atoms with Crippen LogP contribution in [-0.4, -0.2) is 0 Å². The van der Waals surface area contributed by atoms with Gasteiger partial charge >= 0.3 is 0 Å². The lowest BCUT2D eigenvalue weighted by atomic mass is 9.92. The van der Waals surface area contributed by atoms with Gasteiger partial charge in [-0.05, 0) is 24.8 Å². The van der Waals surface area contributed by atoms with E-state index in [2.05, 4.69) is 26.8 Å². The van der Waals surface area contributed by atoms with Crippen molar-refractivity contribution in [3.8, 4) is 6.07 Å². The lowest BCUT2D eigenvalue weighted by molar-refractivity contribution is 0.453. The third-order valence-corrected chi connectivity index (χ3v) is 4.55. The molecule has 0 radical (unpaired) electrons. The Labute approximate surface area is 95.7 Å². The van der Waals surface area contributed by atoms with Gasteiger partial charge in [-0.3, -0.25) is 0 Å². The summed E-state index contributed by atoms with van der Waals surface area (Å²) >= 11 is 11.4. The molecule has 2 unspecified atom stereocenters. The largest absolute Gasteiger partial charge is 0.198 e. The van der Waals surface area contributed by atoms with Crippen molar-refractivity contribution in [3.05, 3.63) is 10.6 Å². The second-order valence-electron chi connectivity index (χ2n) is 4.62. The second-order valence-corrected chi connectivity index (χ2v) is 5.63. The van der Waals surface area contributed by atoms with Crippen LogP contribution < -0.4 is 0 Å². The molecule has 0 spiro atoms. The summed E-state index contributed by atoms with van der Waals surface area (Å²) < 4.78 is 0.263. The van der Waals surface area contributed by atoms with Gasteiger partial charge in [0.2, 0.25) is 0 Å². The van der Waals surface area contributed by atoms with Crippen LogP contribution in [0.1, 0.15) is 34.1 Å². The van der Waals surface area contributed by atoms with Gasteiger partial charge in [-0.15, -0.1) is 0 Å². The molecule has 1 fully saturated rings. The first kappa shape index (κ1) is 11.9. The Hall–Kier alpha value is -0.190. The Kier molecular flexibility index (Phi) is 2.67. The Morgan fingerprint density at radius 1 is 1.36 bits per heavy atom. The Morgan fingerprint density at radius 3 is 2.07 bits per heavy atom. The summed E-state index contributed by atoms with van der Waals surface area (Å²) in [6, 6.07) is 2.39. The van der Waals surface area contributed by atoms with E-state index in [1.807, 2.05) is 13.0 Å². The molecule has 3 heteroatoms. The number of allylic oxidation sites excluding steroid dienone is 1. The topological polar surface area (TPSA) is 23.8 Å². The van der Waals surface area contributed by atoms with Crippen LogP contribution in [0.5, 0.6) is 0 Å². The van der Waals surface area contributed by atoms with Crippen molar-refractivity contribution < 1.29 is 0 Å². The Morgan fingerprint density at radius 2 is 1.86 bits per heavy atom. The maximum Gasteiger partial charge on any atom is 0.103 e. The molecule has 0 aliphatic heterocycles. The van der Waals surface area contributed by atoms with E-state index >= 15 is 0 Å². The average molecular weight is 232 g/mol. The molecular formula is C11H15Cl2N. The molecule has 0 amide bonds. The summed E-state index contributed by atoms with van der Waals surface area (Å²) in [7, 11) is 0. The van der Waals surface area contributed by atoms with Crippen LogP contribution in [0, 0.1) is 27.6 Å². The number of hydrogen-bond acceptors (Lipinski definition) is 1. The zero-order chi connectivity index (χ0) is 11.2. The predicted octanol–water partition coefficient (Wildman–Crippen LogP) is 4.27. The molecule has 0 aromatic carbocycles. The molecule has 0 saturated heterocycles. The fourth-order valence-electron chi connectivity index (χ4n) is 2.88. The molecule has 14 heavy (non-hydrogen) atoms. The van der Waals surface area contributed by atoms with E-state index in [1.165, 1.54) is 0 Å². The third kappa shape index (κ3) is 1.08. The van der Waals surface area contributed by atoms with Crippen molar-refractivity contribution in [2.24, 2.45) is 16.2 Å². The first-order valence-corrected chi connectivity index (χ1v) is 5.50. The van der Waals surface area contributed by atoms with Crippen molar-refractivity contribution in [1.82, 2.24) is 0 Å². The normalized spacial score (nSPS) is 38.6. The zero-order valence-corrected chi connectivity index (χ0v) is 10.5. The lowest BCUT2D eigenvalue weighted by Crippen LogP contribution is -2.06. The maximum atomic E-state index is 9.22. The summed E-state index contributed by atoms with van der Waals surface area (Å²) in [5.74, 6) is 0. The van der Waals surface area contributed by atoms with E-state index in [0.29, 0.717) is 0 Å². The molecule has 2 atom stereocenters. The van der Waals surface area contributed by atoms with Crippen LogP contribution in [0.2, 0.25) is 0 Å². The van der Waals surface area contributed by atoms with E-state index in [0.717, 1.165) is 6.42 Å². The Bertz CT molecular complexity index is 323. The molecule has 1 rings (SSSR count). The highest BCUT2D eigenvalue weighted by Gasteiger charge is 2.78. The molecule has 0 bridgehead atoms. The lowest BCUT2D eigenvalue weighted by Gasteiger charge is -2.12. The quantitative estimate of drug-likeness (QED) is 0.697. The van der Waals surface area contributed by atoms with Crippen molar-refractivity contribution in [1.29, 1.82) is 5.26 Å². The molecule has 0 aromatic heterocycles. The fraction of sp³-hybridized carbons (Fsp3) is 0.727. The van der Waals surface area contributed by atoms with Gasteiger partial charge < -0.3 is 0 Å². The highest BCUT2D eigenvalue weighted by molar-refractivity contribution is 6.55. The van der Waals surface area contributed by atoms with Crippen LogP contribution in [0.25, 0.3) is 0 Å². The van der Waals surface area contributed by atoms with E-state index in [4.69, 9.17) is 23.2 Å². The SMILES string of the molecule is CCC1(C=C(Cl)Cl)C(C)(C)C1(C)C#N. The highest BCUT2D eigenvalue weighted by atomic mass is 35.5. The fourth-order valence-corrected chi connectivity index (χ4v) is 3.26. The minimum Gasteiger partial charge on any atom is -0.198 e. The molecule has 1 nitrogen and oxygen atoms in total. The predicted molar refractivity (Wildman–Crippen MR) is 60.0 cm³/mol. The summed E-state index contributed by atoms with van der Waals surface area (Å²) in [6.07, 6.45) is 2.71. The number of halogens is 2. The minimum absolute atomic E-state index is 0.0570. The summed E-state index contributed by atoms with van der Waals surface area (Å²) in [5.41, 5.74) is -0.587. The summed E-state index contributed by atoms with van der Waals surface area (Å²) in [6.45, 7) is 8.22. The molecular weight excluding hydrogens is 217 g/mol. The molecule has 0 heterocycles. The van der Waals surface area contributed by atoms with Crippen molar-refractivity contribution in [3.63, 3.8) is 0 Å². The van der Waals surface area contributed by atoms with Gasteiger partial charge in [-0.2, -0.15) is 5.26 Å². The smallest absolute Gasteiger partial charge is 0.103 e. The molecule has 78 valence electrons. The van der Waals surface area contributed by atoms with Gasteiger partial charge in [0.05, 0.1) is 11.5 Å². The zero-order valence-electron chi connectivity index (χ0n) is 8.99. The average Bonchev–Trinajstić information content (AvgIpc) is 2.46. The van der Waals surface area contributed by atoms with Crippen LogP contribution >= 0.6 is 23.2 Å². The van der Waals surface area contributed by atoms with Gasteiger partial charge in [-0.1, -0.05) is 44.0 Å². The van der Waals surface area contributed by atoms with Crippen LogP contribution in [0.3, 0.4) is 0 Å². The van der Waals surface area contributed by atoms with Gasteiger partial charge in [0.1, 0.15) is 4.49 Å². The van der Waals surface area contributed by atoms with E-state index in [-0.39, 0.29) is 20.7 Å². The first-order chi connectivity index (χ1) is 6.29. The number of nitrogens with zero attached hydrogens (tertiary/aromatic N) is 1. The molecule has 0 aromatic rings. The van der Waals surface area contributed by atoms with Gasteiger partial charge in [-0.25, -0.2) is 0 Å². The van der Waals surface area contributed by atoms with Crippen LogP contribution in [-0.2, 0) is 0 Å². The Balaban J connectivity index is 3.21. The van der Waals surface area contributed by atoms with Gasteiger partial charge in [0, 0.05) is 5.41 Å². The third-order valence-electron chi connectivity index (χ3n) is 4.33. The van der Waals surface area contributed by atoms with Crippen molar-refractivity contribution in [2.75, 3.05) is 0 Å².